The highest BCUT2D eigenvalue weighted by atomic mass is 19.1. The van der Waals surface area contributed by atoms with Crippen LogP contribution < -0.4 is 9.47 Å². The van der Waals surface area contributed by atoms with Crippen molar-refractivity contribution in [2.24, 2.45) is 0 Å². The Hall–Kier alpha value is -2.88. The first-order valence-electron chi connectivity index (χ1n) is 7.09. The van der Waals surface area contributed by atoms with Crippen molar-refractivity contribution in [1.29, 1.82) is 0 Å². The number of carbonyl (C=O) groups excluding carboxylic acids is 1. The average molecular weight is 310 g/mol. The molecule has 0 saturated heterocycles. The van der Waals surface area contributed by atoms with E-state index in [1.807, 2.05) is 18.2 Å². The molecule has 3 rings (SSSR count). The topological polar surface area (TPSA) is 35.5 Å². The Morgan fingerprint density at radius 2 is 1.61 bits per heavy atom. The van der Waals surface area contributed by atoms with Gasteiger partial charge in [-0.05, 0) is 47.9 Å². The van der Waals surface area contributed by atoms with Crippen molar-refractivity contribution < 1.29 is 18.7 Å². The maximum atomic E-state index is 13.1. The molecule has 23 heavy (non-hydrogen) atoms. The fraction of sp³-hybridized carbons (Fsp3) is 0.105. The van der Waals surface area contributed by atoms with Gasteiger partial charge in [-0.2, -0.15) is 0 Å². The van der Waals surface area contributed by atoms with Crippen LogP contribution in [0.4, 0.5) is 4.39 Å². The van der Waals surface area contributed by atoms with E-state index in [0.717, 1.165) is 10.8 Å². The smallest absolute Gasteiger partial charge is 0.197 e. The second-order valence-corrected chi connectivity index (χ2v) is 5.07. The van der Waals surface area contributed by atoms with E-state index >= 15 is 0 Å². The third-order valence-corrected chi connectivity index (χ3v) is 3.74. The molecule has 0 saturated carbocycles. The first kappa shape index (κ1) is 15.0. The molecule has 0 spiro atoms. The summed E-state index contributed by atoms with van der Waals surface area (Å²) >= 11 is 0. The Labute approximate surface area is 133 Å². The molecule has 4 heteroatoms. The molecular weight excluding hydrogens is 295 g/mol. The number of hydrogen-bond acceptors (Lipinski definition) is 3. The van der Waals surface area contributed by atoms with Crippen LogP contribution in [-0.4, -0.2) is 20.0 Å². The van der Waals surface area contributed by atoms with Gasteiger partial charge in [0, 0.05) is 10.9 Å². The van der Waals surface area contributed by atoms with E-state index in [1.165, 1.54) is 31.4 Å². The Morgan fingerprint density at radius 3 is 2.26 bits per heavy atom. The van der Waals surface area contributed by atoms with Gasteiger partial charge in [-0.1, -0.05) is 12.1 Å². The minimum Gasteiger partial charge on any atom is -0.497 e. The summed E-state index contributed by atoms with van der Waals surface area (Å²) in [5.74, 6) is 0.521. The number of methoxy groups -OCH3 is 2. The van der Waals surface area contributed by atoms with Crippen molar-refractivity contribution in [2.75, 3.05) is 14.2 Å². The first-order valence-corrected chi connectivity index (χ1v) is 7.09. The van der Waals surface area contributed by atoms with Crippen LogP contribution in [0, 0.1) is 5.82 Å². The summed E-state index contributed by atoms with van der Waals surface area (Å²) in [6.07, 6.45) is 0. The van der Waals surface area contributed by atoms with E-state index in [0.29, 0.717) is 22.6 Å². The minimum absolute atomic E-state index is 0.222. The summed E-state index contributed by atoms with van der Waals surface area (Å²) in [6.45, 7) is 0. The van der Waals surface area contributed by atoms with E-state index < -0.39 is 0 Å². The molecule has 0 bridgehead atoms. The van der Waals surface area contributed by atoms with E-state index in [2.05, 4.69) is 0 Å². The van der Waals surface area contributed by atoms with Gasteiger partial charge in [-0.15, -0.1) is 0 Å². The third kappa shape index (κ3) is 2.75. The van der Waals surface area contributed by atoms with E-state index in [4.69, 9.17) is 9.47 Å². The van der Waals surface area contributed by atoms with Gasteiger partial charge in [0.2, 0.25) is 0 Å². The summed E-state index contributed by atoms with van der Waals surface area (Å²) in [6, 6.07) is 14.6. The van der Waals surface area contributed by atoms with Gasteiger partial charge in [-0.25, -0.2) is 4.39 Å². The summed E-state index contributed by atoms with van der Waals surface area (Å²) in [4.78, 5) is 12.9. The molecular formula is C19H15FO3. The van der Waals surface area contributed by atoms with Gasteiger partial charge < -0.3 is 9.47 Å². The van der Waals surface area contributed by atoms with Gasteiger partial charge in [0.15, 0.2) is 5.78 Å². The quantitative estimate of drug-likeness (QED) is 0.677. The van der Waals surface area contributed by atoms with Crippen LogP contribution in [0.2, 0.25) is 0 Å². The maximum Gasteiger partial charge on any atom is 0.197 e. The van der Waals surface area contributed by atoms with Gasteiger partial charge in [0.05, 0.1) is 19.8 Å². The van der Waals surface area contributed by atoms with Gasteiger partial charge in [0.1, 0.15) is 17.3 Å². The monoisotopic (exact) mass is 310 g/mol. The number of halogens is 1. The fourth-order valence-electron chi connectivity index (χ4n) is 2.56. The Bertz CT molecular complexity index is 864. The van der Waals surface area contributed by atoms with Gasteiger partial charge in [0.25, 0.3) is 0 Å². The van der Waals surface area contributed by atoms with Crippen molar-refractivity contribution in [2.45, 2.75) is 0 Å². The lowest BCUT2D eigenvalue weighted by atomic mass is 9.96. The molecule has 0 unspecified atom stereocenters. The first-order chi connectivity index (χ1) is 11.1. The molecule has 0 aromatic heterocycles. The van der Waals surface area contributed by atoms with E-state index in [-0.39, 0.29) is 11.6 Å². The lowest BCUT2D eigenvalue weighted by molar-refractivity contribution is 0.103. The zero-order valence-electron chi connectivity index (χ0n) is 12.8. The highest BCUT2D eigenvalue weighted by molar-refractivity contribution is 6.18. The second kappa shape index (κ2) is 6.08. The van der Waals surface area contributed by atoms with Crippen molar-refractivity contribution in [1.82, 2.24) is 0 Å². The minimum atomic E-state index is -0.381. The number of ketones is 1. The third-order valence-electron chi connectivity index (χ3n) is 3.74. The lowest BCUT2D eigenvalue weighted by Crippen LogP contribution is -2.05. The van der Waals surface area contributed by atoms with Gasteiger partial charge >= 0.3 is 0 Å². The Balaban J connectivity index is 2.24. The number of carbonyl (C=O) groups is 1. The highest BCUT2D eigenvalue weighted by Crippen LogP contribution is 2.32. The van der Waals surface area contributed by atoms with Crippen molar-refractivity contribution >= 4 is 16.6 Å². The van der Waals surface area contributed by atoms with Crippen molar-refractivity contribution in [3.05, 3.63) is 71.5 Å². The normalized spacial score (nSPS) is 10.6. The zero-order chi connectivity index (χ0) is 16.4. The number of ether oxygens (including phenoxy) is 2. The highest BCUT2D eigenvalue weighted by Gasteiger charge is 2.18. The van der Waals surface area contributed by atoms with Crippen LogP contribution in [0.1, 0.15) is 15.9 Å². The predicted molar refractivity (Wildman–Crippen MR) is 86.9 cm³/mol. The molecule has 0 aliphatic heterocycles. The molecule has 0 atom stereocenters. The average Bonchev–Trinajstić information content (AvgIpc) is 2.60. The number of benzene rings is 3. The van der Waals surface area contributed by atoms with E-state index in [9.17, 15) is 9.18 Å². The lowest BCUT2D eigenvalue weighted by Gasteiger charge is -2.12. The summed E-state index contributed by atoms with van der Waals surface area (Å²) < 4.78 is 23.7. The van der Waals surface area contributed by atoms with Crippen LogP contribution in [-0.2, 0) is 0 Å². The maximum absolute atomic E-state index is 13.1. The van der Waals surface area contributed by atoms with Crippen LogP contribution in [0.5, 0.6) is 11.5 Å². The summed E-state index contributed by atoms with van der Waals surface area (Å²) in [7, 11) is 3.09. The van der Waals surface area contributed by atoms with Crippen LogP contribution >= 0.6 is 0 Å². The predicted octanol–water partition coefficient (Wildman–Crippen LogP) is 4.23. The zero-order valence-corrected chi connectivity index (χ0v) is 12.8. The molecule has 0 aliphatic rings. The van der Waals surface area contributed by atoms with Crippen molar-refractivity contribution in [3.8, 4) is 11.5 Å². The molecule has 0 amide bonds. The number of fused-ring (bicyclic) bond motifs is 1. The van der Waals surface area contributed by atoms with Gasteiger partial charge in [-0.3, -0.25) is 4.79 Å². The van der Waals surface area contributed by atoms with Crippen LogP contribution in [0.25, 0.3) is 10.8 Å². The molecule has 116 valence electrons. The summed E-state index contributed by atoms with van der Waals surface area (Å²) in [5, 5.41) is 1.63. The largest absolute Gasteiger partial charge is 0.497 e. The molecule has 3 nitrogen and oxygen atoms in total. The number of rotatable bonds is 4. The fourth-order valence-corrected chi connectivity index (χ4v) is 2.56. The second-order valence-electron chi connectivity index (χ2n) is 5.07. The molecule has 0 radical (unpaired) electrons. The number of hydrogen-bond donors (Lipinski definition) is 0. The standard InChI is InChI=1S/C19H15FO3/c1-22-15-9-5-12-6-10-17(23-2)18(16(12)11-15)19(21)13-3-7-14(20)8-4-13/h3-11H,1-2H3. The van der Waals surface area contributed by atoms with Crippen molar-refractivity contribution in [3.63, 3.8) is 0 Å². The summed E-state index contributed by atoms with van der Waals surface area (Å²) in [5.41, 5.74) is 0.843. The Morgan fingerprint density at radius 1 is 0.913 bits per heavy atom. The molecule has 0 heterocycles. The molecule has 0 fully saturated rings. The molecule has 0 N–H and O–H groups in total. The van der Waals surface area contributed by atoms with Crippen LogP contribution in [0.3, 0.4) is 0 Å². The SMILES string of the molecule is COc1ccc2ccc(OC)c(C(=O)c3ccc(F)cc3)c2c1. The molecule has 3 aromatic carbocycles. The van der Waals surface area contributed by atoms with E-state index in [1.54, 1.807) is 19.2 Å². The van der Waals surface area contributed by atoms with Crippen LogP contribution in [0.15, 0.2) is 54.6 Å². The molecule has 3 aromatic rings. The molecule has 0 aliphatic carbocycles. The Kier molecular flexibility index (Phi) is 3.98.